The van der Waals surface area contributed by atoms with E-state index in [0.717, 1.165) is 24.2 Å². The summed E-state index contributed by atoms with van der Waals surface area (Å²) in [6, 6.07) is 4.02. The first-order chi connectivity index (χ1) is 10.4. The average molecular weight is 305 g/mol. The summed E-state index contributed by atoms with van der Waals surface area (Å²) in [6.45, 7) is 6.81. The molecular formula is C17H23NO4. The Morgan fingerprint density at radius 1 is 1.23 bits per heavy atom. The molecule has 2 atom stereocenters. The molecule has 1 aromatic rings. The van der Waals surface area contributed by atoms with Crippen LogP contribution in [0.25, 0.3) is 0 Å². The van der Waals surface area contributed by atoms with Crippen molar-refractivity contribution in [1.29, 1.82) is 0 Å². The highest BCUT2D eigenvalue weighted by atomic mass is 16.6. The summed E-state index contributed by atoms with van der Waals surface area (Å²) in [5.74, 6) is 1.41. The van der Waals surface area contributed by atoms with Crippen molar-refractivity contribution in [2.75, 3.05) is 20.8 Å². The van der Waals surface area contributed by atoms with Crippen molar-refractivity contribution >= 4 is 6.09 Å². The standard InChI is InChI=1S/C17H23NO4/c1-6-16(2)17(3)12-10-14(21-5)13(20-4)9-11(12)7-8-18(17)15(19)22-16/h9-10H,6-8H2,1-5H3. The van der Waals surface area contributed by atoms with Crippen molar-refractivity contribution in [3.05, 3.63) is 23.3 Å². The Kier molecular flexibility index (Phi) is 3.27. The number of benzene rings is 1. The molecule has 0 spiro atoms. The second-order valence-corrected chi connectivity index (χ2v) is 6.29. The van der Waals surface area contributed by atoms with Gasteiger partial charge in [0, 0.05) is 6.54 Å². The summed E-state index contributed by atoms with van der Waals surface area (Å²) >= 11 is 0. The Bertz CT molecular complexity index is 629. The molecule has 5 nitrogen and oxygen atoms in total. The van der Waals surface area contributed by atoms with Crippen molar-refractivity contribution in [3.63, 3.8) is 0 Å². The zero-order valence-corrected chi connectivity index (χ0v) is 13.9. The molecule has 0 saturated carbocycles. The van der Waals surface area contributed by atoms with Crippen LogP contribution in [-0.4, -0.2) is 37.4 Å². The number of methoxy groups -OCH3 is 2. The highest BCUT2D eigenvalue weighted by Crippen LogP contribution is 2.53. The van der Waals surface area contributed by atoms with Gasteiger partial charge in [0.05, 0.1) is 14.2 Å². The lowest BCUT2D eigenvalue weighted by Gasteiger charge is -2.46. The molecule has 1 saturated heterocycles. The van der Waals surface area contributed by atoms with E-state index in [1.54, 1.807) is 14.2 Å². The van der Waals surface area contributed by atoms with Crippen LogP contribution in [0.3, 0.4) is 0 Å². The molecule has 5 heteroatoms. The predicted molar refractivity (Wildman–Crippen MR) is 82.5 cm³/mol. The van der Waals surface area contributed by atoms with Gasteiger partial charge >= 0.3 is 6.09 Å². The van der Waals surface area contributed by atoms with Crippen molar-refractivity contribution in [1.82, 2.24) is 4.90 Å². The topological polar surface area (TPSA) is 48.0 Å². The molecule has 1 fully saturated rings. The monoisotopic (exact) mass is 305 g/mol. The highest BCUT2D eigenvalue weighted by Gasteiger charge is 2.61. The van der Waals surface area contributed by atoms with Crippen LogP contribution in [0.4, 0.5) is 4.79 Å². The first-order valence-electron chi connectivity index (χ1n) is 7.67. The summed E-state index contributed by atoms with van der Waals surface area (Å²) in [5, 5.41) is 0. The van der Waals surface area contributed by atoms with Crippen molar-refractivity contribution in [2.24, 2.45) is 0 Å². The molecule has 1 aromatic carbocycles. The molecule has 3 rings (SSSR count). The molecule has 120 valence electrons. The van der Waals surface area contributed by atoms with E-state index >= 15 is 0 Å². The van der Waals surface area contributed by atoms with E-state index in [0.29, 0.717) is 12.3 Å². The Labute approximate surface area is 131 Å². The highest BCUT2D eigenvalue weighted by molar-refractivity contribution is 5.75. The van der Waals surface area contributed by atoms with Gasteiger partial charge < -0.3 is 14.2 Å². The molecule has 2 aliphatic rings. The number of ether oxygens (including phenoxy) is 3. The normalized spacial score (nSPS) is 29.7. The second kappa shape index (κ2) is 4.80. The van der Waals surface area contributed by atoms with Gasteiger partial charge in [-0.15, -0.1) is 0 Å². The fourth-order valence-electron chi connectivity index (χ4n) is 3.79. The molecule has 0 aromatic heterocycles. The van der Waals surface area contributed by atoms with E-state index in [9.17, 15) is 4.79 Å². The van der Waals surface area contributed by atoms with Gasteiger partial charge in [0.2, 0.25) is 0 Å². The Morgan fingerprint density at radius 3 is 2.45 bits per heavy atom. The van der Waals surface area contributed by atoms with Crippen LogP contribution in [0.2, 0.25) is 0 Å². The lowest BCUT2D eigenvalue weighted by atomic mass is 9.71. The van der Waals surface area contributed by atoms with Gasteiger partial charge in [-0.25, -0.2) is 4.79 Å². The molecule has 0 aliphatic carbocycles. The largest absolute Gasteiger partial charge is 0.493 e. The van der Waals surface area contributed by atoms with Gasteiger partial charge in [-0.05, 0) is 49.9 Å². The van der Waals surface area contributed by atoms with Gasteiger partial charge in [0.15, 0.2) is 11.5 Å². The zero-order valence-electron chi connectivity index (χ0n) is 13.9. The molecule has 2 aliphatic heterocycles. The summed E-state index contributed by atoms with van der Waals surface area (Å²) < 4.78 is 16.6. The third kappa shape index (κ3) is 1.68. The van der Waals surface area contributed by atoms with Crippen LogP contribution in [0.5, 0.6) is 11.5 Å². The third-order valence-corrected chi connectivity index (χ3v) is 5.52. The van der Waals surface area contributed by atoms with E-state index < -0.39 is 11.1 Å². The summed E-state index contributed by atoms with van der Waals surface area (Å²) in [7, 11) is 3.27. The second-order valence-electron chi connectivity index (χ2n) is 6.29. The fraction of sp³-hybridized carbons (Fsp3) is 0.588. The molecular weight excluding hydrogens is 282 g/mol. The van der Waals surface area contributed by atoms with Crippen LogP contribution < -0.4 is 9.47 Å². The van der Waals surface area contributed by atoms with Crippen LogP contribution in [0.1, 0.15) is 38.3 Å². The molecule has 2 heterocycles. The van der Waals surface area contributed by atoms with Crippen molar-refractivity contribution in [3.8, 4) is 11.5 Å². The summed E-state index contributed by atoms with van der Waals surface area (Å²) in [4.78, 5) is 14.2. The van der Waals surface area contributed by atoms with Crippen LogP contribution in [0.15, 0.2) is 12.1 Å². The number of nitrogens with zero attached hydrogens (tertiary/aromatic N) is 1. The molecule has 0 radical (unpaired) electrons. The lowest BCUT2D eigenvalue weighted by Crippen LogP contribution is -2.55. The van der Waals surface area contributed by atoms with Gasteiger partial charge in [0.25, 0.3) is 0 Å². The minimum atomic E-state index is -0.557. The first-order valence-corrected chi connectivity index (χ1v) is 7.67. The molecule has 1 amide bonds. The van der Waals surface area contributed by atoms with E-state index in [1.807, 2.05) is 24.0 Å². The quantitative estimate of drug-likeness (QED) is 0.861. The maximum atomic E-state index is 12.3. The van der Waals surface area contributed by atoms with Crippen molar-refractivity contribution < 1.29 is 19.0 Å². The van der Waals surface area contributed by atoms with Crippen LogP contribution in [-0.2, 0) is 16.7 Å². The number of rotatable bonds is 3. The SMILES string of the molecule is CCC1(C)OC(=O)N2CCc3cc(OC)c(OC)cc3C21C. The number of amides is 1. The predicted octanol–water partition coefficient (Wildman–Crippen LogP) is 3.10. The summed E-state index contributed by atoms with van der Waals surface area (Å²) in [6.07, 6.45) is 1.31. The van der Waals surface area contributed by atoms with Gasteiger partial charge in [-0.1, -0.05) is 6.92 Å². The number of cyclic esters (lactones) is 1. The van der Waals surface area contributed by atoms with E-state index in [-0.39, 0.29) is 6.09 Å². The number of fused-ring (bicyclic) bond motifs is 3. The van der Waals surface area contributed by atoms with Gasteiger partial charge in [0.1, 0.15) is 11.1 Å². The van der Waals surface area contributed by atoms with Crippen molar-refractivity contribution in [2.45, 2.75) is 44.8 Å². The first kappa shape index (κ1) is 15.0. The number of carbonyl (C=O) groups excluding carboxylic acids is 1. The minimum Gasteiger partial charge on any atom is -0.493 e. The van der Waals surface area contributed by atoms with Crippen LogP contribution >= 0.6 is 0 Å². The number of hydrogen-bond acceptors (Lipinski definition) is 4. The van der Waals surface area contributed by atoms with Gasteiger partial charge in [-0.2, -0.15) is 0 Å². The van der Waals surface area contributed by atoms with E-state index in [1.165, 1.54) is 5.56 Å². The average Bonchev–Trinajstić information content (AvgIpc) is 2.73. The smallest absolute Gasteiger partial charge is 0.411 e. The third-order valence-electron chi connectivity index (χ3n) is 5.52. The van der Waals surface area contributed by atoms with E-state index in [2.05, 4.69) is 13.8 Å². The molecule has 22 heavy (non-hydrogen) atoms. The summed E-state index contributed by atoms with van der Waals surface area (Å²) in [5.41, 5.74) is 1.23. The number of hydrogen-bond donors (Lipinski definition) is 0. The van der Waals surface area contributed by atoms with E-state index in [4.69, 9.17) is 14.2 Å². The van der Waals surface area contributed by atoms with Gasteiger partial charge in [-0.3, -0.25) is 4.90 Å². The maximum absolute atomic E-state index is 12.3. The lowest BCUT2D eigenvalue weighted by molar-refractivity contribution is -0.00129. The maximum Gasteiger partial charge on any atom is 0.411 e. The fourth-order valence-corrected chi connectivity index (χ4v) is 3.79. The zero-order chi connectivity index (χ0) is 16.1. The Balaban J connectivity index is 2.24. The Hall–Kier alpha value is -1.91. The number of carbonyl (C=O) groups is 1. The molecule has 0 bridgehead atoms. The minimum absolute atomic E-state index is 0.229. The van der Waals surface area contributed by atoms with Crippen LogP contribution in [0, 0.1) is 0 Å². The Morgan fingerprint density at radius 2 is 1.86 bits per heavy atom. The molecule has 2 unspecified atom stereocenters. The molecule has 0 N–H and O–H groups in total.